The topological polar surface area (TPSA) is 92.0 Å². The van der Waals surface area contributed by atoms with Gasteiger partial charge in [-0.25, -0.2) is 9.97 Å². The van der Waals surface area contributed by atoms with E-state index >= 15 is 0 Å². The van der Waals surface area contributed by atoms with E-state index in [1.165, 1.54) is 0 Å². The fraction of sp³-hybridized carbons (Fsp3) is 0.167. The minimum atomic E-state index is -0.236. The molecule has 8 rings (SSSR count). The number of fused-ring (bicyclic) bond motifs is 8. The minimum absolute atomic E-state index is 0.0837. The van der Waals surface area contributed by atoms with Gasteiger partial charge in [0.15, 0.2) is 0 Å². The number of benzene rings is 5. The lowest BCUT2D eigenvalue weighted by Crippen LogP contribution is -2.10. The maximum atomic E-state index is 12.0. The average molecular weight is 707 g/mol. The van der Waals surface area contributed by atoms with Gasteiger partial charge in [0.25, 0.3) is 0 Å². The fourth-order valence-corrected chi connectivity index (χ4v) is 6.84. The number of aromatic hydroxyl groups is 2. The van der Waals surface area contributed by atoms with Crippen molar-refractivity contribution in [3.8, 4) is 34.0 Å². The molecule has 8 aromatic rings. The third-order valence-corrected chi connectivity index (χ3v) is 10.1. The van der Waals surface area contributed by atoms with Gasteiger partial charge < -0.3 is 10.2 Å². The van der Waals surface area contributed by atoms with Crippen molar-refractivity contribution >= 4 is 54.4 Å². The Bertz CT molecular complexity index is 2660. The first-order valence-corrected chi connectivity index (χ1v) is 18.2. The molecule has 0 aliphatic carbocycles. The van der Waals surface area contributed by atoms with Crippen molar-refractivity contribution in [2.75, 3.05) is 0 Å². The van der Waals surface area contributed by atoms with E-state index in [1.807, 2.05) is 121 Å². The Balaban J connectivity index is 1.65. The third kappa shape index (κ3) is 6.45. The molecule has 54 heavy (non-hydrogen) atoms. The molecule has 266 valence electrons. The first-order valence-electron chi connectivity index (χ1n) is 18.2. The van der Waals surface area contributed by atoms with Gasteiger partial charge in [0.1, 0.15) is 11.5 Å². The van der Waals surface area contributed by atoms with Gasteiger partial charge in [-0.05, 0) is 58.4 Å². The Hall–Kier alpha value is -6.40. The Morgan fingerprint density at radius 3 is 1.17 bits per heavy atom. The summed E-state index contributed by atoms with van der Waals surface area (Å²) in [6, 6.07) is 39.9. The Morgan fingerprint density at radius 1 is 0.426 bits per heavy atom. The summed E-state index contributed by atoms with van der Waals surface area (Å²) in [7, 11) is 0. The zero-order valence-electron chi connectivity index (χ0n) is 31.4. The number of phenolic OH excluding ortho intramolecular Hbond substituents is 2. The molecule has 0 spiro atoms. The van der Waals surface area contributed by atoms with Crippen LogP contribution in [0.1, 0.15) is 52.7 Å². The zero-order valence-corrected chi connectivity index (χ0v) is 31.4. The van der Waals surface area contributed by atoms with Gasteiger partial charge in [0.2, 0.25) is 0 Å². The molecule has 0 radical (unpaired) electrons. The van der Waals surface area contributed by atoms with Crippen LogP contribution in [0, 0.1) is 0 Å². The lowest BCUT2D eigenvalue weighted by atomic mass is 9.85. The Kier molecular flexibility index (Phi) is 8.49. The summed E-state index contributed by atoms with van der Waals surface area (Å²) in [5.41, 5.74) is 7.15. The van der Waals surface area contributed by atoms with Crippen LogP contribution in [-0.2, 0) is 10.8 Å². The second kappa shape index (κ2) is 13.2. The highest BCUT2D eigenvalue weighted by atomic mass is 16.3. The van der Waals surface area contributed by atoms with Gasteiger partial charge >= 0.3 is 0 Å². The van der Waals surface area contributed by atoms with Gasteiger partial charge in [-0.3, -0.25) is 9.97 Å². The van der Waals surface area contributed by atoms with Crippen molar-refractivity contribution in [3.05, 3.63) is 145 Å². The molecule has 2 N–H and O–H groups in total. The van der Waals surface area contributed by atoms with Crippen molar-refractivity contribution in [2.45, 2.75) is 52.4 Å². The van der Waals surface area contributed by atoms with Crippen molar-refractivity contribution in [3.63, 3.8) is 0 Å². The Morgan fingerprint density at radius 2 is 0.796 bits per heavy atom. The maximum Gasteiger partial charge on any atom is 0.133 e. The van der Waals surface area contributed by atoms with Crippen LogP contribution in [0.2, 0.25) is 0 Å². The molecule has 6 heteroatoms. The summed E-state index contributed by atoms with van der Waals surface area (Å²) in [6.07, 6.45) is 3.44. The molecule has 6 nitrogen and oxygen atoms in total. The van der Waals surface area contributed by atoms with Crippen LogP contribution in [0.4, 0.5) is 0 Å². The lowest BCUT2D eigenvalue weighted by molar-refractivity contribution is 0.486. The van der Waals surface area contributed by atoms with Crippen LogP contribution in [0.3, 0.4) is 0 Å². The zero-order chi connectivity index (χ0) is 37.8. The molecule has 0 saturated carbocycles. The predicted molar refractivity (Wildman–Crippen MR) is 223 cm³/mol. The van der Waals surface area contributed by atoms with Crippen LogP contribution in [0.25, 0.3) is 76.9 Å². The first-order chi connectivity index (χ1) is 25.8. The van der Waals surface area contributed by atoms with E-state index in [0.717, 1.165) is 33.0 Å². The van der Waals surface area contributed by atoms with E-state index in [1.54, 1.807) is 12.4 Å². The molecule has 0 atom stereocenters. The number of hydrogen-bond donors (Lipinski definition) is 2. The van der Waals surface area contributed by atoms with Gasteiger partial charge in [-0.15, -0.1) is 0 Å². The summed E-state index contributed by atoms with van der Waals surface area (Å²) in [5, 5.41) is 28.2. The average Bonchev–Trinajstić information content (AvgIpc) is 3.16. The third-order valence-electron chi connectivity index (χ3n) is 10.1. The van der Waals surface area contributed by atoms with Gasteiger partial charge in [0, 0.05) is 55.8 Å². The van der Waals surface area contributed by atoms with E-state index in [-0.39, 0.29) is 22.3 Å². The summed E-state index contributed by atoms with van der Waals surface area (Å²) in [4.78, 5) is 20.7. The van der Waals surface area contributed by atoms with E-state index in [9.17, 15) is 10.2 Å². The predicted octanol–water partition coefficient (Wildman–Crippen LogP) is 12.1. The number of pyridine rings is 2. The summed E-state index contributed by atoms with van der Waals surface area (Å²) in [6.45, 7) is 12.9. The SMILES string of the molecule is CC(C)(C)c1cc2cnc(-c3ccccc3)c(-c3ccccc3)ncc3cc(C(C)(C)C)cc(c3O)c3ccc4ccc5ccc(nc5c4n3)c(c1)c2O. The van der Waals surface area contributed by atoms with Crippen molar-refractivity contribution in [1.29, 1.82) is 0 Å². The molecule has 3 heterocycles. The molecular weight excluding hydrogens is 665 g/mol. The van der Waals surface area contributed by atoms with Crippen LogP contribution in [0.15, 0.2) is 134 Å². The highest BCUT2D eigenvalue weighted by molar-refractivity contribution is 6.07. The summed E-state index contributed by atoms with van der Waals surface area (Å²) < 4.78 is 0. The second-order valence-corrected chi connectivity index (χ2v) is 16.0. The molecule has 0 aliphatic heterocycles. The second-order valence-electron chi connectivity index (χ2n) is 16.0. The summed E-state index contributed by atoms with van der Waals surface area (Å²) in [5.74, 6) is 0.167. The fourth-order valence-electron chi connectivity index (χ4n) is 6.84. The van der Waals surface area contributed by atoms with Crippen LogP contribution < -0.4 is 0 Å². The van der Waals surface area contributed by atoms with E-state index < -0.39 is 0 Å². The van der Waals surface area contributed by atoms with Gasteiger partial charge in [0.05, 0.1) is 33.5 Å². The van der Waals surface area contributed by atoms with Crippen molar-refractivity contribution < 1.29 is 10.2 Å². The monoisotopic (exact) mass is 706 g/mol. The number of hydrogen-bond acceptors (Lipinski definition) is 6. The molecule has 0 saturated heterocycles. The normalized spacial score (nSPS) is 12.0. The largest absolute Gasteiger partial charge is 0.507 e. The first kappa shape index (κ1) is 34.7. The highest BCUT2D eigenvalue weighted by Crippen LogP contribution is 2.37. The van der Waals surface area contributed by atoms with Crippen LogP contribution >= 0.6 is 0 Å². The lowest BCUT2D eigenvalue weighted by Gasteiger charge is -2.20. The van der Waals surface area contributed by atoms with Gasteiger partial charge in [-0.1, -0.05) is 126 Å². The number of aromatic nitrogens is 4. The number of phenols is 2. The number of rotatable bonds is 2. The van der Waals surface area contributed by atoms with Crippen molar-refractivity contribution in [1.82, 2.24) is 19.9 Å². The van der Waals surface area contributed by atoms with E-state index in [4.69, 9.17) is 19.9 Å². The molecule has 0 aliphatic rings. The van der Waals surface area contributed by atoms with Crippen LogP contribution in [0.5, 0.6) is 11.5 Å². The van der Waals surface area contributed by atoms with E-state index in [0.29, 0.717) is 55.0 Å². The quantitative estimate of drug-likeness (QED) is 0.174. The molecule has 5 aromatic carbocycles. The molecule has 0 unspecified atom stereocenters. The summed E-state index contributed by atoms with van der Waals surface area (Å²) >= 11 is 0. The smallest absolute Gasteiger partial charge is 0.133 e. The highest BCUT2D eigenvalue weighted by Gasteiger charge is 2.19. The van der Waals surface area contributed by atoms with Crippen LogP contribution in [-0.4, -0.2) is 30.1 Å². The van der Waals surface area contributed by atoms with Gasteiger partial charge in [-0.2, -0.15) is 0 Å². The maximum absolute atomic E-state index is 12.0. The minimum Gasteiger partial charge on any atom is -0.507 e. The van der Waals surface area contributed by atoms with Crippen molar-refractivity contribution in [2.24, 2.45) is 0 Å². The molecule has 0 fully saturated rings. The van der Waals surface area contributed by atoms with E-state index in [2.05, 4.69) is 41.5 Å². The Labute approximate surface area is 314 Å². The molecule has 8 bridgehead atoms. The molecule has 0 amide bonds. The standard InChI is InChI=1S/C48H42N4O2/c1-47(2,3)35-23-33-27-49-41(29-13-9-7-10-14-29)42(30-15-11-8-12-16-30)50-28-34-24-36(48(4,5)6)26-38(46(34)54)40-22-20-32-18-17-31-19-21-39(37(25-35)45(33)53)51-43(31)44(32)52-40/h7-28,53-54H,1-6H3. The molecular formula is C48H42N4O2. The number of nitrogens with zero attached hydrogens (tertiary/aromatic N) is 4. The molecule has 3 aromatic heterocycles.